The van der Waals surface area contributed by atoms with Crippen molar-refractivity contribution in [3.63, 3.8) is 0 Å². The Labute approximate surface area is 138 Å². The van der Waals surface area contributed by atoms with Gasteiger partial charge >= 0.3 is 17.9 Å². The molecule has 1 aliphatic heterocycles. The number of hydrogen-bond acceptors (Lipinski definition) is 9. The molecule has 23 heavy (non-hydrogen) atoms. The summed E-state index contributed by atoms with van der Waals surface area (Å²) in [5.41, 5.74) is -0.873. The van der Waals surface area contributed by atoms with Crippen LogP contribution in [0.2, 0.25) is 0 Å². The van der Waals surface area contributed by atoms with Crippen LogP contribution in [0.4, 0.5) is 0 Å². The maximum Gasteiger partial charge on any atom is 0.303 e. The Balaban J connectivity index is 3.15. The van der Waals surface area contributed by atoms with Crippen LogP contribution in [0.3, 0.4) is 0 Å². The van der Waals surface area contributed by atoms with E-state index in [2.05, 4.69) is 0 Å². The molecule has 5 atom stereocenters. The highest BCUT2D eigenvalue weighted by atomic mass is 32.2. The molecule has 0 spiro atoms. The van der Waals surface area contributed by atoms with Gasteiger partial charge in [0.25, 0.3) is 0 Å². The lowest BCUT2D eigenvalue weighted by molar-refractivity contribution is -0.229. The Morgan fingerprint density at radius 1 is 0.783 bits per heavy atom. The van der Waals surface area contributed by atoms with Crippen LogP contribution in [0.25, 0.3) is 0 Å². The van der Waals surface area contributed by atoms with Gasteiger partial charge in [-0.2, -0.15) is 0 Å². The fourth-order valence-corrected chi connectivity index (χ4v) is 3.13. The van der Waals surface area contributed by atoms with Crippen molar-refractivity contribution in [1.29, 1.82) is 0 Å². The lowest BCUT2D eigenvalue weighted by Crippen LogP contribution is -2.59. The third-order valence-corrected chi connectivity index (χ3v) is 3.86. The summed E-state index contributed by atoms with van der Waals surface area (Å²) in [5.74, 6) is -1.87. The van der Waals surface area contributed by atoms with E-state index in [0.29, 0.717) is 0 Å². The van der Waals surface area contributed by atoms with Crippen molar-refractivity contribution in [2.45, 2.75) is 64.5 Å². The molecule has 9 heteroatoms. The summed E-state index contributed by atoms with van der Waals surface area (Å²) in [5, 5.41) is -0.258. The Kier molecular flexibility index (Phi) is 7.01. The van der Waals surface area contributed by atoms with Gasteiger partial charge in [0.2, 0.25) is 0 Å². The highest BCUT2D eigenvalue weighted by Gasteiger charge is 2.50. The van der Waals surface area contributed by atoms with Crippen LogP contribution < -0.4 is 0 Å². The summed E-state index contributed by atoms with van der Waals surface area (Å²) < 4.78 is 21.2. The third kappa shape index (κ3) is 5.83. The van der Waals surface area contributed by atoms with Crippen molar-refractivity contribution in [3.05, 3.63) is 0 Å². The van der Waals surface area contributed by atoms with Gasteiger partial charge < -0.3 is 18.9 Å². The number of hydrogen-bond donors (Lipinski definition) is 0. The molecule has 0 saturated carbocycles. The summed E-state index contributed by atoms with van der Waals surface area (Å²) in [4.78, 5) is 45.4. The molecule has 1 rings (SSSR count). The van der Waals surface area contributed by atoms with Gasteiger partial charge in [0.15, 0.2) is 28.9 Å². The Morgan fingerprint density at radius 3 is 1.65 bits per heavy atom. The van der Waals surface area contributed by atoms with Gasteiger partial charge in [-0.25, -0.2) is 0 Å². The molecule has 0 amide bonds. The predicted octanol–water partition coefficient (Wildman–Crippen LogP) is 0.806. The summed E-state index contributed by atoms with van der Waals surface area (Å²) >= 11 is 0.811. The molecular formula is C14H20O8S. The topological polar surface area (TPSA) is 105 Å². The van der Waals surface area contributed by atoms with Crippen LogP contribution in [0.1, 0.15) is 34.6 Å². The lowest BCUT2D eigenvalue weighted by Gasteiger charge is -2.43. The average Bonchev–Trinajstić information content (AvgIpc) is 2.36. The molecule has 0 bridgehead atoms. The third-order valence-electron chi connectivity index (χ3n) is 2.92. The van der Waals surface area contributed by atoms with Crippen molar-refractivity contribution < 1.29 is 38.1 Å². The van der Waals surface area contributed by atoms with E-state index in [1.54, 1.807) is 6.92 Å². The summed E-state index contributed by atoms with van der Waals surface area (Å²) in [6, 6.07) is 0. The molecule has 1 fully saturated rings. The first-order chi connectivity index (χ1) is 10.6. The minimum Gasteiger partial charge on any atom is -0.456 e. The van der Waals surface area contributed by atoms with E-state index in [-0.39, 0.29) is 5.12 Å². The second-order valence-electron chi connectivity index (χ2n) is 5.04. The van der Waals surface area contributed by atoms with Gasteiger partial charge in [-0.15, -0.1) is 0 Å². The number of ether oxygens (including phenoxy) is 4. The molecule has 130 valence electrons. The molecule has 0 aromatic heterocycles. The first-order valence-electron chi connectivity index (χ1n) is 6.96. The van der Waals surface area contributed by atoms with Crippen molar-refractivity contribution in [2.75, 3.05) is 0 Å². The van der Waals surface area contributed by atoms with Gasteiger partial charge in [0, 0.05) is 27.7 Å². The molecule has 0 unspecified atom stereocenters. The summed E-state index contributed by atoms with van der Waals surface area (Å²) in [7, 11) is 0. The van der Waals surface area contributed by atoms with Crippen molar-refractivity contribution in [1.82, 2.24) is 0 Å². The largest absolute Gasteiger partial charge is 0.456 e. The second-order valence-corrected chi connectivity index (χ2v) is 6.32. The monoisotopic (exact) mass is 348 g/mol. The van der Waals surface area contributed by atoms with Crippen LogP contribution >= 0.6 is 11.8 Å². The quantitative estimate of drug-likeness (QED) is 0.539. The smallest absolute Gasteiger partial charge is 0.303 e. The molecular weight excluding hydrogens is 328 g/mol. The fraction of sp³-hybridized carbons (Fsp3) is 0.714. The first kappa shape index (κ1) is 19.4. The number of carbonyl (C=O) groups excluding carboxylic acids is 4. The Hall–Kier alpha value is -1.61. The van der Waals surface area contributed by atoms with E-state index in [1.807, 2.05) is 0 Å². The van der Waals surface area contributed by atoms with E-state index in [1.165, 1.54) is 27.7 Å². The number of esters is 3. The van der Waals surface area contributed by atoms with E-state index < -0.39 is 47.8 Å². The van der Waals surface area contributed by atoms with E-state index in [4.69, 9.17) is 18.9 Å². The minimum absolute atomic E-state index is 0.258. The zero-order valence-corrected chi connectivity index (χ0v) is 14.4. The first-order valence-corrected chi connectivity index (χ1v) is 7.84. The summed E-state index contributed by atoms with van der Waals surface area (Å²) in [6.45, 7) is 6.52. The van der Waals surface area contributed by atoms with Crippen molar-refractivity contribution in [2.24, 2.45) is 0 Å². The standard InChI is InChI=1S/C14H20O8S/c1-6-11(20-7(2)15)12(21-8(3)16)13(22-9(4)17)14(19-6)23-10(5)18/h6,11-14H,1-5H3/t6-,11+,12+,13-,14+/m0/s1. The number of carbonyl (C=O) groups is 4. The molecule has 0 N–H and O–H groups in total. The normalized spacial score (nSPS) is 30.2. The lowest BCUT2D eigenvalue weighted by atomic mass is 10.00. The molecule has 8 nitrogen and oxygen atoms in total. The van der Waals surface area contributed by atoms with Crippen molar-refractivity contribution in [3.8, 4) is 0 Å². The number of thioether (sulfide) groups is 1. The maximum atomic E-state index is 11.4. The van der Waals surface area contributed by atoms with E-state index in [9.17, 15) is 19.2 Å². The van der Waals surface area contributed by atoms with Crippen LogP contribution in [-0.2, 0) is 38.1 Å². The molecule has 1 saturated heterocycles. The fourth-order valence-electron chi connectivity index (χ4n) is 2.23. The molecule has 0 radical (unpaired) electrons. The summed E-state index contributed by atoms with van der Waals surface area (Å²) in [6.07, 6.45) is -3.76. The average molecular weight is 348 g/mol. The maximum absolute atomic E-state index is 11.4. The van der Waals surface area contributed by atoms with Gasteiger partial charge in [-0.1, -0.05) is 11.8 Å². The molecule has 0 aromatic rings. The second kappa shape index (κ2) is 8.30. The van der Waals surface area contributed by atoms with E-state index >= 15 is 0 Å². The van der Waals surface area contributed by atoms with Crippen molar-refractivity contribution >= 4 is 34.8 Å². The zero-order valence-electron chi connectivity index (χ0n) is 13.6. The highest BCUT2D eigenvalue weighted by molar-refractivity contribution is 8.14. The SMILES string of the molecule is CC(=O)O[C@@H]1[C@H](OC(C)=O)[C@H](C)O[C@H](SC(C)=O)[C@H]1OC(C)=O. The van der Waals surface area contributed by atoms with Crippen LogP contribution in [0, 0.1) is 0 Å². The Morgan fingerprint density at radius 2 is 1.22 bits per heavy atom. The van der Waals surface area contributed by atoms with Gasteiger partial charge in [-0.3, -0.25) is 19.2 Å². The molecule has 1 heterocycles. The van der Waals surface area contributed by atoms with Gasteiger partial charge in [0.05, 0.1) is 6.10 Å². The Bertz CT molecular complexity index is 491. The van der Waals surface area contributed by atoms with Gasteiger partial charge in [0.1, 0.15) is 0 Å². The van der Waals surface area contributed by atoms with Gasteiger partial charge in [-0.05, 0) is 6.92 Å². The van der Waals surface area contributed by atoms with E-state index in [0.717, 1.165) is 11.8 Å². The van der Waals surface area contributed by atoms with Crippen LogP contribution in [-0.4, -0.2) is 52.9 Å². The minimum atomic E-state index is -1.08. The molecule has 0 aromatic carbocycles. The predicted molar refractivity (Wildman–Crippen MR) is 79.3 cm³/mol. The van der Waals surface area contributed by atoms with Crippen LogP contribution in [0.15, 0.2) is 0 Å². The molecule has 1 aliphatic rings. The number of rotatable bonds is 4. The zero-order chi connectivity index (χ0) is 17.7. The molecule has 0 aliphatic carbocycles. The van der Waals surface area contributed by atoms with Crippen LogP contribution in [0.5, 0.6) is 0 Å². The highest BCUT2D eigenvalue weighted by Crippen LogP contribution is 2.34.